The maximum absolute atomic E-state index is 12.2. The van der Waals surface area contributed by atoms with Crippen LogP contribution in [0.4, 0.5) is 0 Å². The Balaban J connectivity index is 1.64. The van der Waals surface area contributed by atoms with Crippen LogP contribution in [-0.4, -0.2) is 20.9 Å². The van der Waals surface area contributed by atoms with Crippen molar-refractivity contribution in [3.05, 3.63) is 64.6 Å². The van der Waals surface area contributed by atoms with E-state index in [1.807, 2.05) is 61.8 Å². The molecule has 124 valence electrons. The molecule has 0 radical (unpaired) electrons. The van der Waals surface area contributed by atoms with Crippen molar-refractivity contribution < 1.29 is 4.79 Å². The van der Waals surface area contributed by atoms with Crippen LogP contribution in [0.3, 0.4) is 0 Å². The van der Waals surface area contributed by atoms with Crippen molar-refractivity contribution in [2.24, 2.45) is 0 Å². The number of carbonyl (C=O) groups is 1. The Kier molecular flexibility index (Phi) is 4.76. The highest BCUT2D eigenvalue weighted by molar-refractivity contribution is 7.09. The molecule has 3 aromatic rings. The van der Waals surface area contributed by atoms with Gasteiger partial charge >= 0.3 is 0 Å². The fourth-order valence-electron chi connectivity index (χ4n) is 2.42. The minimum atomic E-state index is -0.570. The molecule has 24 heavy (non-hydrogen) atoms. The first-order valence-electron chi connectivity index (χ1n) is 7.86. The summed E-state index contributed by atoms with van der Waals surface area (Å²) in [6, 6.07) is 13.8. The van der Waals surface area contributed by atoms with Gasteiger partial charge in [-0.2, -0.15) is 0 Å². The second kappa shape index (κ2) is 6.97. The lowest BCUT2D eigenvalue weighted by atomic mass is 10.0. The number of hydrogen-bond acceptors (Lipinski definition) is 4. The number of amides is 1. The summed E-state index contributed by atoms with van der Waals surface area (Å²) in [6.07, 6.45) is 3.09. The maximum atomic E-state index is 12.2. The fraction of sp³-hybridized carbons (Fsp3) is 0.278. The van der Waals surface area contributed by atoms with Gasteiger partial charge in [-0.3, -0.25) is 4.79 Å². The van der Waals surface area contributed by atoms with Gasteiger partial charge in [-0.15, -0.1) is 16.4 Å². The molecule has 1 N–H and O–H groups in total. The Morgan fingerprint density at radius 3 is 2.71 bits per heavy atom. The van der Waals surface area contributed by atoms with Gasteiger partial charge in [0.15, 0.2) is 0 Å². The summed E-state index contributed by atoms with van der Waals surface area (Å²) in [4.78, 5) is 13.5. The lowest BCUT2D eigenvalue weighted by Gasteiger charge is -2.23. The number of nitrogens with zero attached hydrogens (tertiary/aromatic N) is 3. The molecule has 3 rings (SSSR count). The largest absolute Gasteiger partial charge is 0.345 e. The van der Waals surface area contributed by atoms with Crippen LogP contribution in [0.2, 0.25) is 0 Å². The molecule has 0 atom stereocenters. The van der Waals surface area contributed by atoms with Gasteiger partial charge in [-0.05, 0) is 43.8 Å². The Bertz CT molecular complexity index is 794. The van der Waals surface area contributed by atoms with E-state index in [0.717, 1.165) is 17.8 Å². The Labute approximate surface area is 145 Å². The van der Waals surface area contributed by atoms with Crippen molar-refractivity contribution >= 4 is 17.2 Å². The molecule has 2 aromatic heterocycles. The second-order valence-electron chi connectivity index (χ2n) is 6.14. The van der Waals surface area contributed by atoms with E-state index in [9.17, 15) is 4.79 Å². The molecule has 1 amide bonds. The average molecular weight is 340 g/mol. The second-order valence-corrected chi connectivity index (χ2v) is 7.17. The van der Waals surface area contributed by atoms with E-state index >= 15 is 0 Å². The van der Waals surface area contributed by atoms with Crippen molar-refractivity contribution in [2.75, 3.05) is 0 Å². The smallest absolute Gasteiger partial charge is 0.221 e. The molecule has 2 heterocycles. The van der Waals surface area contributed by atoms with Gasteiger partial charge in [0.25, 0.3) is 0 Å². The Hall–Kier alpha value is -2.47. The summed E-state index contributed by atoms with van der Waals surface area (Å²) < 4.78 is 1.72. The monoisotopic (exact) mass is 340 g/mol. The molecule has 0 unspecified atom stereocenters. The van der Waals surface area contributed by atoms with Crippen molar-refractivity contribution in [3.8, 4) is 5.69 Å². The average Bonchev–Trinajstić information content (AvgIpc) is 3.25. The zero-order valence-electron chi connectivity index (χ0n) is 13.8. The van der Waals surface area contributed by atoms with E-state index in [-0.39, 0.29) is 5.91 Å². The van der Waals surface area contributed by atoms with Crippen LogP contribution >= 0.6 is 11.3 Å². The molecule has 0 saturated heterocycles. The molecule has 0 aliphatic heterocycles. The first-order valence-corrected chi connectivity index (χ1v) is 8.74. The number of rotatable bonds is 6. The number of carbonyl (C=O) groups excluding carboxylic acids is 1. The highest BCUT2D eigenvalue weighted by Gasteiger charge is 2.26. The van der Waals surface area contributed by atoms with E-state index in [4.69, 9.17) is 0 Å². The summed E-state index contributed by atoms with van der Waals surface area (Å²) in [7, 11) is 0. The van der Waals surface area contributed by atoms with Crippen LogP contribution in [0.1, 0.15) is 30.8 Å². The van der Waals surface area contributed by atoms with Crippen LogP contribution < -0.4 is 5.32 Å². The highest BCUT2D eigenvalue weighted by Crippen LogP contribution is 2.19. The van der Waals surface area contributed by atoms with Crippen molar-refractivity contribution in [2.45, 2.75) is 32.2 Å². The van der Waals surface area contributed by atoms with Crippen LogP contribution in [0.25, 0.3) is 5.69 Å². The standard InChI is InChI=1S/C18H20N4OS/c1-18(2,19-17(23)11-10-15-9-6-12-24-15)16-13-22(21-20-16)14-7-4-3-5-8-14/h3-9,12-13H,10-11H2,1-2H3,(H,19,23). The number of para-hydroxylation sites is 1. The number of benzene rings is 1. The van der Waals surface area contributed by atoms with Gasteiger partial charge in [0, 0.05) is 11.3 Å². The van der Waals surface area contributed by atoms with Crippen LogP contribution in [0.5, 0.6) is 0 Å². The molecule has 0 spiro atoms. The Morgan fingerprint density at radius 2 is 2.00 bits per heavy atom. The molecule has 0 fully saturated rings. The first kappa shape index (κ1) is 16.4. The van der Waals surface area contributed by atoms with Gasteiger partial charge < -0.3 is 5.32 Å². The summed E-state index contributed by atoms with van der Waals surface area (Å²) in [6.45, 7) is 3.88. The minimum absolute atomic E-state index is 0.0164. The van der Waals surface area contributed by atoms with E-state index in [1.165, 1.54) is 4.88 Å². The van der Waals surface area contributed by atoms with Crippen LogP contribution in [0, 0.1) is 0 Å². The zero-order chi connectivity index (χ0) is 17.0. The molecule has 6 heteroatoms. The van der Waals surface area contributed by atoms with E-state index < -0.39 is 5.54 Å². The third-order valence-corrected chi connectivity index (χ3v) is 4.72. The van der Waals surface area contributed by atoms with Gasteiger partial charge in [-0.25, -0.2) is 4.68 Å². The van der Waals surface area contributed by atoms with Crippen molar-refractivity contribution in [1.29, 1.82) is 0 Å². The fourth-order valence-corrected chi connectivity index (χ4v) is 3.13. The highest BCUT2D eigenvalue weighted by atomic mass is 32.1. The van der Waals surface area contributed by atoms with E-state index in [0.29, 0.717) is 6.42 Å². The topological polar surface area (TPSA) is 59.8 Å². The zero-order valence-corrected chi connectivity index (χ0v) is 14.6. The van der Waals surface area contributed by atoms with Crippen molar-refractivity contribution in [3.63, 3.8) is 0 Å². The van der Waals surface area contributed by atoms with Gasteiger partial charge in [-0.1, -0.05) is 29.5 Å². The molecule has 0 bridgehead atoms. The predicted molar refractivity (Wildman–Crippen MR) is 95.2 cm³/mol. The first-order chi connectivity index (χ1) is 11.5. The summed E-state index contributed by atoms with van der Waals surface area (Å²) >= 11 is 1.67. The summed E-state index contributed by atoms with van der Waals surface area (Å²) in [5, 5.41) is 13.5. The van der Waals surface area contributed by atoms with Gasteiger partial charge in [0.2, 0.25) is 5.91 Å². The molecule has 0 aliphatic carbocycles. The molecular weight excluding hydrogens is 320 g/mol. The number of aromatic nitrogens is 3. The summed E-state index contributed by atoms with van der Waals surface area (Å²) in [5.41, 5.74) is 1.10. The summed E-state index contributed by atoms with van der Waals surface area (Å²) in [5.74, 6) is 0.0164. The van der Waals surface area contributed by atoms with E-state index in [1.54, 1.807) is 16.0 Å². The molecule has 5 nitrogen and oxygen atoms in total. The lowest BCUT2D eigenvalue weighted by molar-refractivity contribution is -0.122. The quantitative estimate of drug-likeness (QED) is 0.749. The van der Waals surface area contributed by atoms with Crippen LogP contribution in [-0.2, 0) is 16.8 Å². The third kappa shape index (κ3) is 3.89. The third-order valence-electron chi connectivity index (χ3n) is 3.78. The van der Waals surface area contributed by atoms with Gasteiger partial charge in [0.1, 0.15) is 5.69 Å². The van der Waals surface area contributed by atoms with Crippen molar-refractivity contribution in [1.82, 2.24) is 20.3 Å². The minimum Gasteiger partial charge on any atom is -0.345 e. The normalized spacial score (nSPS) is 11.4. The molecule has 1 aromatic carbocycles. The molecule has 0 aliphatic rings. The molecular formula is C18H20N4OS. The number of aryl methyl sites for hydroxylation is 1. The Morgan fingerprint density at radius 1 is 1.21 bits per heavy atom. The number of thiophene rings is 1. The van der Waals surface area contributed by atoms with Gasteiger partial charge in [0.05, 0.1) is 17.4 Å². The number of hydrogen-bond donors (Lipinski definition) is 1. The number of nitrogens with one attached hydrogen (secondary N) is 1. The van der Waals surface area contributed by atoms with Crippen LogP contribution in [0.15, 0.2) is 54.0 Å². The maximum Gasteiger partial charge on any atom is 0.221 e. The lowest BCUT2D eigenvalue weighted by Crippen LogP contribution is -2.41. The predicted octanol–water partition coefficient (Wildman–Crippen LogP) is 3.31. The SMILES string of the molecule is CC(C)(NC(=O)CCc1cccs1)c1cn(-c2ccccc2)nn1. The molecule has 0 saturated carbocycles. The van der Waals surface area contributed by atoms with E-state index in [2.05, 4.69) is 21.7 Å².